The van der Waals surface area contributed by atoms with Crippen LogP contribution in [-0.2, 0) is 6.42 Å². The Morgan fingerprint density at radius 2 is 2.28 bits per heavy atom. The van der Waals surface area contributed by atoms with Crippen molar-refractivity contribution < 1.29 is 9.72 Å². The fourth-order valence-electron chi connectivity index (χ4n) is 1.42. The van der Waals surface area contributed by atoms with Gasteiger partial charge in [-0.3, -0.25) is 14.9 Å². The second-order valence-corrected chi connectivity index (χ2v) is 4.77. The predicted octanol–water partition coefficient (Wildman–Crippen LogP) is 3.13. The Hall–Kier alpha value is -1.79. The molecular formula is C11H7ClN2O3S. The number of aromatic nitrogens is 1. The molecule has 0 atom stereocenters. The third-order valence-electron chi connectivity index (χ3n) is 2.26. The van der Waals surface area contributed by atoms with Crippen molar-refractivity contribution in [2.75, 3.05) is 0 Å². The molecule has 0 fully saturated rings. The molecule has 0 amide bonds. The number of non-ortho nitro benzene ring substituents is 1. The maximum absolute atomic E-state index is 11.8. The number of rotatable bonds is 4. The number of nitrogens with zero attached hydrogens (tertiary/aromatic N) is 2. The van der Waals surface area contributed by atoms with Crippen molar-refractivity contribution in [1.82, 2.24) is 4.98 Å². The Labute approximate surface area is 111 Å². The number of Topliss-reactive ketones (excluding diaryl/α,β-unsaturated/α-hetero) is 1. The highest BCUT2D eigenvalue weighted by molar-refractivity contribution is 7.11. The summed E-state index contributed by atoms with van der Waals surface area (Å²) in [5.74, 6) is -0.201. The van der Waals surface area contributed by atoms with Crippen molar-refractivity contribution in [2.24, 2.45) is 0 Å². The largest absolute Gasteiger partial charge is 0.291 e. The molecule has 0 aliphatic heterocycles. The highest BCUT2D eigenvalue weighted by Crippen LogP contribution is 2.23. The number of hydrogen-bond acceptors (Lipinski definition) is 5. The van der Waals surface area contributed by atoms with Crippen LogP contribution in [0.4, 0.5) is 5.69 Å². The normalized spacial score (nSPS) is 10.3. The SMILES string of the molecule is O=C(Cc1cc([N+](=O)[O-])ccc1Cl)c1nccs1. The lowest BCUT2D eigenvalue weighted by Gasteiger charge is -2.02. The van der Waals surface area contributed by atoms with E-state index in [1.165, 1.54) is 35.7 Å². The van der Waals surface area contributed by atoms with Gasteiger partial charge in [-0.25, -0.2) is 4.98 Å². The first-order chi connectivity index (χ1) is 8.58. The smallest absolute Gasteiger partial charge is 0.269 e. The zero-order chi connectivity index (χ0) is 13.1. The van der Waals surface area contributed by atoms with Crippen LogP contribution in [0.15, 0.2) is 29.8 Å². The van der Waals surface area contributed by atoms with Crippen LogP contribution in [0.2, 0.25) is 5.02 Å². The van der Waals surface area contributed by atoms with Gasteiger partial charge >= 0.3 is 0 Å². The van der Waals surface area contributed by atoms with E-state index in [1.54, 1.807) is 5.38 Å². The molecule has 0 saturated heterocycles. The van der Waals surface area contributed by atoms with Crippen molar-refractivity contribution in [3.05, 3.63) is 55.5 Å². The van der Waals surface area contributed by atoms with Gasteiger partial charge in [0.15, 0.2) is 10.8 Å². The molecule has 0 N–H and O–H groups in total. The third-order valence-corrected chi connectivity index (χ3v) is 3.44. The number of thiazole rings is 1. The van der Waals surface area contributed by atoms with Gasteiger partial charge in [0.25, 0.3) is 5.69 Å². The average molecular weight is 283 g/mol. The van der Waals surface area contributed by atoms with E-state index in [4.69, 9.17) is 11.6 Å². The summed E-state index contributed by atoms with van der Waals surface area (Å²) in [5, 5.41) is 13.1. The van der Waals surface area contributed by atoms with Crippen LogP contribution in [0.5, 0.6) is 0 Å². The molecule has 92 valence electrons. The molecule has 2 rings (SSSR count). The summed E-state index contributed by atoms with van der Waals surface area (Å²) in [6, 6.07) is 4.04. The van der Waals surface area contributed by atoms with E-state index in [1.807, 2.05) is 0 Å². The van der Waals surface area contributed by atoms with Crippen LogP contribution in [-0.4, -0.2) is 15.7 Å². The van der Waals surface area contributed by atoms with Crippen LogP contribution >= 0.6 is 22.9 Å². The molecule has 7 heteroatoms. The second kappa shape index (κ2) is 5.24. The van der Waals surface area contributed by atoms with E-state index in [0.717, 1.165) is 0 Å². The summed E-state index contributed by atoms with van der Waals surface area (Å²) in [4.78, 5) is 25.8. The Morgan fingerprint density at radius 3 is 2.89 bits per heavy atom. The summed E-state index contributed by atoms with van der Waals surface area (Å²) in [7, 11) is 0. The summed E-state index contributed by atoms with van der Waals surface area (Å²) >= 11 is 7.14. The number of benzene rings is 1. The molecule has 0 spiro atoms. The van der Waals surface area contributed by atoms with Crippen molar-refractivity contribution in [1.29, 1.82) is 0 Å². The van der Waals surface area contributed by atoms with Crippen molar-refractivity contribution in [3.8, 4) is 0 Å². The van der Waals surface area contributed by atoms with Gasteiger partial charge < -0.3 is 0 Å². The van der Waals surface area contributed by atoms with E-state index in [9.17, 15) is 14.9 Å². The van der Waals surface area contributed by atoms with Crippen molar-refractivity contribution in [2.45, 2.75) is 6.42 Å². The first-order valence-corrected chi connectivity index (χ1v) is 6.19. The van der Waals surface area contributed by atoms with E-state index in [-0.39, 0.29) is 17.9 Å². The number of halogens is 1. The van der Waals surface area contributed by atoms with Gasteiger partial charge in [-0.05, 0) is 11.6 Å². The molecule has 18 heavy (non-hydrogen) atoms. The number of carbonyl (C=O) groups excluding carboxylic acids is 1. The molecule has 0 radical (unpaired) electrons. The van der Waals surface area contributed by atoms with E-state index in [2.05, 4.69) is 4.98 Å². The van der Waals surface area contributed by atoms with Gasteiger partial charge in [0.2, 0.25) is 0 Å². The van der Waals surface area contributed by atoms with Gasteiger partial charge in [-0.1, -0.05) is 11.6 Å². The standard InChI is InChI=1S/C11H7ClN2O3S/c12-9-2-1-8(14(16)17)5-7(9)6-10(15)11-13-3-4-18-11/h1-5H,6H2. The Kier molecular flexibility index (Phi) is 3.69. The molecule has 2 aromatic rings. The van der Waals surface area contributed by atoms with E-state index >= 15 is 0 Å². The molecule has 0 aliphatic rings. The predicted molar refractivity (Wildman–Crippen MR) is 68.3 cm³/mol. The van der Waals surface area contributed by atoms with Crippen LogP contribution in [0.25, 0.3) is 0 Å². The zero-order valence-corrected chi connectivity index (χ0v) is 10.6. The van der Waals surface area contributed by atoms with Crippen LogP contribution in [0.3, 0.4) is 0 Å². The van der Waals surface area contributed by atoms with Crippen molar-refractivity contribution in [3.63, 3.8) is 0 Å². The highest BCUT2D eigenvalue weighted by atomic mass is 35.5. The lowest BCUT2D eigenvalue weighted by Crippen LogP contribution is -2.04. The summed E-state index contributed by atoms with van der Waals surface area (Å²) < 4.78 is 0. The van der Waals surface area contributed by atoms with Gasteiger partial charge in [-0.15, -0.1) is 11.3 Å². The van der Waals surface area contributed by atoms with E-state index < -0.39 is 4.92 Å². The number of nitro benzene ring substituents is 1. The quantitative estimate of drug-likeness (QED) is 0.490. The van der Waals surface area contributed by atoms with Crippen LogP contribution in [0.1, 0.15) is 15.4 Å². The summed E-state index contributed by atoms with van der Waals surface area (Å²) in [5.41, 5.74) is 0.354. The molecule has 0 unspecified atom stereocenters. The lowest BCUT2D eigenvalue weighted by molar-refractivity contribution is -0.384. The minimum Gasteiger partial charge on any atom is -0.291 e. The number of hydrogen-bond donors (Lipinski definition) is 0. The first-order valence-electron chi connectivity index (χ1n) is 4.93. The highest BCUT2D eigenvalue weighted by Gasteiger charge is 2.15. The van der Waals surface area contributed by atoms with Crippen LogP contribution < -0.4 is 0 Å². The molecular weight excluding hydrogens is 276 g/mol. The van der Waals surface area contributed by atoms with Gasteiger partial charge in [0.05, 0.1) is 4.92 Å². The fraction of sp³-hybridized carbons (Fsp3) is 0.0909. The molecule has 0 saturated carbocycles. The Bertz CT molecular complexity index is 598. The second-order valence-electron chi connectivity index (χ2n) is 3.47. The first kappa shape index (κ1) is 12.7. The molecule has 5 nitrogen and oxygen atoms in total. The maximum Gasteiger partial charge on any atom is 0.269 e. The molecule has 0 aliphatic carbocycles. The maximum atomic E-state index is 11.8. The topological polar surface area (TPSA) is 73.1 Å². The monoisotopic (exact) mass is 282 g/mol. The molecule has 1 aromatic heterocycles. The fourth-order valence-corrected chi connectivity index (χ4v) is 2.18. The van der Waals surface area contributed by atoms with Crippen molar-refractivity contribution >= 4 is 34.4 Å². The minimum absolute atomic E-state index is 0.00796. The Morgan fingerprint density at radius 1 is 1.50 bits per heavy atom. The van der Waals surface area contributed by atoms with Crippen LogP contribution in [0, 0.1) is 10.1 Å². The number of carbonyl (C=O) groups is 1. The average Bonchev–Trinajstić information content (AvgIpc) is 2.85. The number of ketones is 1. The molecule has 1 heterocycles. The van der Waals surface area contributed by atoms with Gasteiger partial charge in [0, 0.05) is 35.2 Å². The zero-order valence-electron chi connectivity index (χ0n) is 9.00. The lowest BCUT2D eigenvalue weighted by atomic mass is 10.1. The Balaban J connectivity index is 2.26. The third kappa shape index (κ3) is 2.72. The van der Waals surface area contributed by atoms with Gasteiger partial charge in [0.1, 0.15) is 0 Å². The molecule has 1 aromatic carbocycles. The van der Waals surface area contributed by atoms with E-state index in [0.29, 0.717) is 15.6 Å². The summed E-state index contributed by atoms with van der Waals surface area (Å²) in [6.45, 7) is 0. The molecule has 0 bridgehead atoms. The minimum atomic E-state index is -0.520. The number of nitro groups is 1. The van der Waals surface area contributed by atoms with Gasteiger partial charge in [-0.2, -0.15) is 0 Å². The summed E-state index contributed by atoms with van der Waals surface area (Å²) in [6.07, 6.45) is 1.54.